The van der Waals surface area contributed by atoms with Gasteiger partial charge < -0.3 is 9.30 Å². The summed E-state index contributed by atoms with van der Waals surface area (Å²) in [6.07, 6.45) is 1.94. The normalized spacial score (nSPS) is 13.7. The van der Waals surface area contributed by atoms with Crippen LogP contribution in [0.5, 0.6) is 11.5 Å². The van der Waals surface area contributed by atoms with Crippen LogP contribution in [0.2, 0.25) is 0 Å². The highest BCUT2D eigenvalue weighted by Crippen LogP contribution is 2.41. The number of pyridine rings is 1. The lowest BCUT2D eigenvalue weighted by atomic mass is 10.0. The van der Waals surface area contributed by atoms with Gasteiger partial charge in [-0.2, -0.15) is 0 Å². The van der Waals surface area contributed by atoms with Crippen LogP contribution < -0.4 is 15.7 Å². The average Bonchev–Trinajstić information content (AvgIpc) is 3.57. The van der Waals surface area contributed by atoms with E-state index >= 15 is 4.39 Å². The number of H-pyrrole nitrogens is 1. The molecule has 5 aromatic rings. The Bertz CT molecular complexity index is 1600. The fraction of sp³-hybridized carbons (Fsp3) is 0.120. The van der Waals surface area contributed by atoms with Gasteiger partial charge in [-0.3, -0.25) is 14.0 Å². The summed E-state index contributed by atoms with van der Waals surface area (Å²) < 4.78 is 25.6. The molecule has 0 spiro atoms. The maximum atomic E-state index is 15.1. The molecule has 6 rings (SSSR count). The molecule has 1 saturated carbocycles. The van der Waals surface area contributed by atoms with Gasteiger partial charge in [-0.25, -0.2) is 4.39 Å². The van der Waals surface area contributed by atoms with E-state index in [4.69, 9.17) is 4.74 Å². The first-order valence-corrected chi connectivity index (χ1v) is 11.1. The van der Waals surface area contributed by atoms with Crippen LogP contribution in [0.4, 0.5) is 4.39 Å². The van der Waals surface area contributed by atoms with Gasteiger partial charge in [0.15, 0.2) is 0 Å². The number of fused-ring (bicyclic) bond motifs is 2. The summed E-state index contributed by atoms with van der Waals surface area (Å²) in [5.41, 5.74) is 0.902. The van der Waals surface area contributed by atoms with Crippen molar-refractivity contribution in [3.8, 4) is 22.6 Å². The first-order valence-electron chi connectivity index (χ1n) is 10.3. The molecule has 2 heterocycles. The average molecular weight is 444 g/mol. The molecular weight excluding hydrogens is 427 g/mol. The maximum absolute atomic E-state index is 15.1. The highest BCUT2D eigenvalue weighted by atomic mass is 32.1. The third-order valence-electron chi connectivity index (χ3n) is 5.77. The number of para-hydroxylation sites is 1. The van der Waals surface area contributed by atoms with E-state index < -0.39 is 16.8 Å². The highest BCUT2D eigenvalue weighted by Gasteiger charge is 2.29. The second-order valence-electron chi connectivity index (χ2n) is 7.93. The van der Waals surface area contributed by atoms with Gasteiger partial charge in [-0.15, -0.1) is 0 Å². The Morgan fingerprint density at radius 1 is 0.969 bits per heavy atom. The van der Waals surface area contributed by atoms with Crippen LogP contribution in [0.25, 0.3) is 32.2 Å². The Hall–Kier alpha value is -3.71. The molecule has 1 fully saturated rings. The van der Waals surface area contributed by atoms with Crippen molar-refractivity contribution >= 4 is 32.7 Å². The third kappa shape index (κ3) is 3.05. The molecule has 7 heteroatoms. The van der Waals surface area contributed by atoms with E-state index in [-0.39, 0.29) is 16.8 Å². The predicted molar refractivity (Wildman–Crippen MR) is 124 cm³/mol. The summed E-state index contributed by atoms with van der Waals surface area (Å²) in [6, 6.07) is 19.8. The van der Waals surface area contributed by atoms with E-state index in [9.17, 15) is 9.59 Å². The molecular formula is C25H17FN2O3S. The van der Waals surface area contributed by atoms with Gasteiger partial charge in [0.1, 0.15) is 27.5 Å². The molecule has 3 aromatic carbocycles. The van der Waals surface area contributed by atoms with Crippen molar-refractivity contribution in [1.29, 1.82) is 0 Å². The van der Waals surface area contributed by atoms with Crippen LogP contribution in [0.3, 0.4) is 0 Å². The standard InChI is InChI=1S/C25H17FN2O3S/c26-20-12-19-21(28(15-8-9-15)25-22(23(19)29)24(30)27-32-25)13-18(20)14-6-10-17(11-7-14)31-16-4-2-1-3-5-16/h1-7,10-13,15H,8-9H2,(H,27,30). The largest absolute Gasteiger partial charge is 0.457 e. The number of aromatic nitrogens is 2. The van der Waals surface area contributed by atoms with E-state index in [0.29, 0.717) is 27.2 Å². The monoisotopic (exact) mass is 444 g/mol. The SMILES string of the molecule is O=c1[nH]sc2c1c(=O)c1cc(F)c(-c3ccc(Oc4ccccc4)cc3)cc1n2C1CC1. The topological polar surface area (TPSA) is 64.1 Å². The van der Waals surface area contributed by atoms with Gasteiger partial charge >= 0.3 is 0 Å². The van der Waals surface area contributed by atoms with Crippen LogP contribution in [0.1, 0.15) is 18.9 Å². The van der Waals surface area contributed by atoms with Crippen LogP contribution in [-0.2, 0) is 0 Å². The van der Waals surface area contributed by atoms with E-state index in [0.717, 1.165) is 30.1 Å². The Balaban J connectivity index is 1.49. The Labute approximate surface area is 185 Å². The van der Waals surface area contributed by atoms with Crippen LogP contribution in [0.15, 0.2) is 76.3 Å². The third-order valence-corrected chi connectivity index (χ3v) is 6.65. The summed E-state index contributed by atoms with van der Waals surface area (Å²) in [5.74, 6) is 0.870. The van der Waals surface area contributed by atoms with Gasteiger partial charge in [0.2, 0.25) is 5.43 Å². The summed E-state index contributed by atoms with van der Waals surface area (Å²) in [5, 5.41) is 0.350. The van der Waals surface area contributed by atoms with Gasteiger partial charge in [0.05, 0.1) is 5.52 Å². The zero-order valence-corrected chi connectivity index (χ0v) is 17.6. The molecule has 32 heavy (non-hydrogen) atoms. The molecule has 0 aliphatic heterocycles. The van der Waals surface area contributed by atoms with Crippen molar-refractivity contribution in [2.45, 2.75) is 18.9 Å². The number of halogens is 1. The second-order valence-corrected chi connectivity index (χ2v) is 8.73. The molecule has 0 saturated heterocycles. The van der Waals surface area contributed by atoms with Gasteiger partial charge in [-0.1, -0.05) is 30.3 Å². The molecule has 0 atom stereocenters. The quantitative estimate of drug-likeness (QED) is 0.379. The summed E-state index contributed by atoms with van der Waals surface area (Å²) in [4.78, 5) is 25.8. The Morgan fingerprint density at radius 3 is 2.41 bits per heavy atom. The van der Waals surface area contributed by atoms with Crippen molar-refractivity contribution in [3.63, 3.8) is 0 Å². The molecule has 1 aliphatic carbocycles. The van der Waals surface area contributed by atoms with Crippen molar-refractivity contribution in [2.75, 3.05) is 0 Å². The Kier molecular flexibility index (Phi) is 4.26. The number of nitrogens with one attached hydrogen (secondary N) is 1. The minimum absolute atomic E-state index is 0.115. The van der Waals surface area contributed by atoms with Gasteiger partial charge in [0, 0.05) is 17.0 Å². The van der Waals surface area contributed by atoms with Gasteiger partial charge in [-0.05, 0) is 66.3 Å². The first-order chi connectivity index (χ1) is 15.6. The molecule has 0 bridgehead atoms. The molecule has 0 amide bonds. The molecule has 0 unspecified atom stereocenters. The molecule has 158 valence electrons. The van der Waals surface area contributed by atoms with Crippen molar-refractivity contribution in [2.24, 2.45) is 0 Å². The number of hydrogen-bond acceptors (Lipinski definition) is 4. The second kappa shape index (κ2) is 7.17. The fourth-order valence-corrected chi connectivity index (χ4v) is 5.02. The fourth-order valence-electron chi connectivity index (χ4n) is 4.09. The molecule has 1 aliphatic rings. The zero-order valence-electron chi connectivity index (χ0n) is 16.8. The molecule has 1 N–H and O–H groups in total. The number of nitrogens with zero attached hydrogens (tertiary/aromatic N) is 1. The smallest absolute Gasteiger partial charge is 0.271 e. The van der Waals surface area contributed by atoms with E-state index in [1.165, 1.54) is 6.07 Å². The van der Waals surface area contributed by atoms with Crippen LogP contribution in [0, 0.1) is 5.82 Å². The number of hydrogen-bond donors (Lipinski definition) is 1. The predicted octanol–water partition coefficient (Wildman–Crippen LogP) is 5.84. The summed E-state index contributed by atoms with van der Waals surface area (Å²) in [6.45, 7) is 0. The minimum Gasteiger partial charge on any atom is -0.457 e. The molecule has 0 radical (unpaired) electrons. The minimum atomic E-state index is -0.500. The van der Waals surface area contributed by atoms with Crippen molar-refractivity contribution in [3.05, 3.63) is 93.1 Å². The highest BCUT2D eigenvalue weighted by molar-refractivity contribution is 7.12. The van der Waals surface area contributed by atoms with Crippen LogP contribution in [-0.4, -0.2) is 8.94 Å². The maximum Gasteiger partial charge on any atom is 0.271 e. The van der Waals surface area contributed by atoms with E-state index in [2.05, 4.69) is 4.37 Å². The first kappa shape index (κ1) is 19.0. The van der Waals surface area contributed by atoms with E-state index in [1.54, 1.807) is 30.3 Å². The molecule has 5 nitrogen and oxygen atoms in total. The van der Waals surface area contributed by atoms with Crippen LogP contribution >= 0.6 is 11.5 Å². The number of rotatable bonds is 4. The zero-order chi connectivity index (χ0) is 21.8. The lowest BCUT2D eigenvalue weighted by Crippen LogP contribution is -2.15. The summed E-state index contributed by atoms with van der Waals surface area (Å²) >= 11 is 1.16. The molecule has 2 aromatic heterocycles. The summed E-state index contributed by atoms with van der Waals surface area (Å²) in [7, 11) is 0. The van der Waals surface area contributed by atoms with Crippen molar-refractivity contribution in [1.82, 2.24) is 8.94 Å². The number of ether oxygens (including phenoxy) is 1. The lowest BCUT2D eigenvalue weighted by molar-refractivity contribution is 0.483. The van der Waals surface area contributed by atoms with E-state index in [1.807, 2.05) is 34.9 Å². The number of aromatic amines is 1. The lowest BCUT2D eigenvalue weighted by Gasteiger charge is -2.14. The van der Waals surface area contributed by atoms with Crippen molar-refractivity contribution < 1.29 is 9.13 Å². The Morgan fingerprint density at radius 2 is 1.69 bits per heavy atom. The number of benzene rings is 3. The van der Waals surface area contributed by atoms with Gasteiger partial charge in [0.25, 0.3) is 5.56 Å².